The smallest absolute Gasteiger partial charge is 0.146 e. The van der Waals surface area contributed by atoms with Crippen LogP contribution in [0.2, 0.25) is 0 Å². The Bertz CT molecular complexity index is 1060. The fourth-order valence-electron chi connectivity index (χ4n) is 3.73. The van der Waals surface area contributed by atoms with E-state index in [0.29, 0.717) is 30.8 Å². The Kier molecular flexibility index (Phi) is 4.06. The predicted molar refractivity (Wildman–Crippen MR) is 107 cm³/mol. The molecule has 5 heteroatoms. The van der Waals surface area contributed by atoms with Crippen LogP contribution in [0, 0.1) is 0 Å². The molecule has 2 aromatic carbocycles. The SMILES string of the molecule is CCCC(=O)CCc1cc(-n2n3c4ccccc4n23)c(O)c(C(C)(C)C)c1. The number of rotatable bonds is 6. The molecule has 0 saturated carbocycles. The number of fused-ring (bicyclic) bond motifs is 4. The van der Waals surface area contributed by atoms with Gasteiger partial charge in [0.05, 0.1) is 0 Å². The van der Waals surface area contributed by atoms with Crippen molar-refractivity contribution in [2.24, 2.45) is 0 Å². The van der Waals surface area contributed by atoms with Crippen molar-refractivity contribution in [3.05, 3.63) is 47.5 Å². The Balaban J connectivity index is 1.76. The van der Waals surface area contributed by atoms with Gasteiger partial charge in [-0.1, -0.05) is 45.9 Å². The number of aromatic nitrogens is 3. The molecule has 2 heterocycles. The van der Waals surface area contributed by atoms with E-state index >= 15 is 0 Å². The van der Waals surface area contributed by atoms with E-state index in [1.807, 2.05) is 39.2 Å². The number of nitrogens with zero attached hydrogens (tertiary/aromatic N) is 3. The minimum Gasteiger partial charge on any atom is -0.505 e. The molecule has 0 spiro atoms. The number of carbonyl (C=O) groups is 1. The number of carbonyl (C=O) groups excluding carboxylic acids is 1. The van der Waals surface area contributed by atoms with Crippen LogP contribution in [0.5, 0.6) is 5.75 Å². The summed E-state index contributed by atoms with van der Waals surface area (Å²) >= 11 is 0. The molecule has 1 N–H and O–H groups in total. The van der Waals surface area contributed by atoms with Crippen molar-refractivity contribution in [3.8, 4) is 11.4 Å². The normalized spacial score (nSPS) is 12.6. The van der Waals surface area contributed by atoms with Gasteiger partial charge < -0.3 is 5.11 Å². The minimum atomic E-state index is -0.186. The van der Waals surface area contributed by atoms with E-state index < -0.39 is 0 Å². The van der Waals surface area contributed by atoms with Gasteiger partial charge in [0.15, 0.2) is 0 Å². The van der Waals surface area contributed by atoms with Crippen LogP contribution in [0.25, 0.3) is 16.7 Å². The summed E-state index contributed by atoms with van der Waals surface area (Å²) in [5, 5.41) is 11.0. The summed E-state index contributed by atoms with van der Waals surface area (Å²) in [6, 6.07) is 12.2. The summed E-state index contributed by atoms with van der Waals surface area (Å²) in [4.78, 5) is 14.0. The van der Waals surface area contributed by atoms with Crippen LogP contribution in [0.15, 0.2) is 36.4 Å². The first kappa shape index (κ1) is 17.7. The van der Waals surface area contributed by atoms with Crippen LogP contribution in [-0.2, 0) is 16.6 Å². The molecule has 27 heavy (non-hydrogen) atoms. The second-order valence-electron chi connectivity index (χ2n) is 8.41. The van der Waals surface area contributed by atoms with Gasteiger partial charge in [-0.3, -0.25) is 4.79 Å². The van der Waals surface area contributed by atoms with Crippen molar-refractivity contribution in [1.82, 2.24) is 14.1 Å². The van der Waals surface area contributed by atoms with E-state index in [4.69, 9.17) is 0 Å². The largest absolute Gasteiger partial charge is 0.505 e. The van der Waals surface area contributed by atoms with Crippen molar-refractivity contribution in [1.29, 1.82) is 0 Å². The first-order chi connectivity index (χ1) is 12.8. The van der Waals surface area contributed by atoms with Crippen LogP contribution >= 0.6 is 0 Å². The van der Waals surface area contributed by atoms with Crippen LogP contribution in [0.1, 0.15) is 58.1 Å². The van der Waals surface area contributed by atoms with Gasteiger partial charge >= 0.3 is 0 Å². The van der Waals surface area contributed by atoms with E-state index in [1.54, 1.807) is 0 Å². The Labute approximate surface area is 159 Å². The van der Waals surface area contributed by atoms with Crippen molar-refractivity contribution in [3.63, 3.8) is 0 Å². The van der Waals surface area contributed by atoms with Gasteiger partial charge in [-0.25, -0.2) is 0 Å². The maximum absolute atomic E-state index is 12.0. The highest BCUT2D eigenvalue weighted by Gasteiger charge is 2.29. The molecule has 0 aliphatic rings. The van der Waals surface area contributed by atoms with Crippen LogP contribution in [0.3, 0.4) is 0 Å². The lowest BCUT2D eigenvalue weighted by Crippen LogP contribution is -2.13. The second kappa shape index (κ2) is 6.19. The number of phenolic OH excluding ortho intramolecular Hbond substituents is 1. The molecule has 0 atom stereocenters. The summed E-state index contributed by atoms with van der Waals surface area (Å²) in [5.74, 6) is 0.613. The van der Waals surface area contributed by atoms with E-state index in [1.165, 1.54) is 0 Å². The molecular weight excluding hydrogens is 338 g/mol. The number of hydrogen-bond acceptors (Lipinski definition) is 2. The Morgan fingerprint density at radius 2 is 1.67 bits per heavy atom. The molecular formula is C22H27N3O2. The van der Waals surface area contributed by atoms with Crippen LogP contribution < -0.4 is 0 Å². The van der Waals surface area contributed by atoms with Gasteiger partial charge in [-0.05, 0) is 42.0 Å². The van der Waals surface area contributed by atoms with Crippen molar-refractivity contribution < 1.29 is 9.90 Å². The van der Waals surface area contributed by atoms with Crippen LogP contribution in [0.4, 0.5) is 0 Å². The van der Waals surface area contributed by atoms with E-state index in [0.717, 1.165) is 34.3 Å². The standard InChI is InChI=1S/C22H27N3O2/c1-5-8-16(26)12-11-15-13-17(22(2,3)4)21(27)20(14-15)25-23-18-9-6-7-10-19(18)24(23)25/h6-7,9-10,13-14,27H,5,8,11-12H2,1-4H3. The molecule has 0 fully saturated rings. The summed E-state index contributed by atoms with van der Waals surface area (Å²) in [6.07, 6.45) is 2.79. The van der Waals surface area contributed by atoms with Crippen molar-refractivity contribution >= 4 is 16.8 Å². The molecule has 0 bridgehead atoms. The molecule has 0 radical (unpaired) electrons. The maximum Gasteiger partial charge on any atom is 0.146 e. The quantitative estimate of drug-likeness (QED) is 0.537. The fraction of sp³-hybridized carbons (Fsp3) is 0.409. The second-order valence-corrected chi connectivity index (χ2v) is 8.41. The summed E-state index contributed by atoms with van der Waals surface area (Å²) in [7, 11) is 0. The molecule has 5 nitrogen and oxygen atoms in total. The average Bonchev–Trinajstić information content (AvgIpc) is 3.26. The molecule has 2 aromatic heterocycles. The third-order valence-corrected chi connectivity index (χ3v) is 5.21. The lowest BCUT2D eigenvalue weighted by Gasteiger charge is -2.22. The fourth-order valence-corrected chi connectivity index (χ4v) is 3.73. The van der Waals surface area contributed by atoms with Gasteiger partial charge in [0.2, 0.25) is 0 Å². The molecule has 142 valence electrons. The Morgan fingerprint density at radius 1 is 1.04 bits per heavy atom. The summed E-state index contributed by atoms with van der Waals surface area (Å²) in [6.45, 7) is 8.34. The number of aryl methyl sites for hydroxylation is 1. The van der Waals surface area contributed by atoms with Gasteiger partial charge in [0.25, 0.3) is 0 Å². The minimum absolute atomic E-state index is 0.186. The molecule has 0 aliphatic heterocycles. The number of Topliss-reactive ketones (excluding diaryl/α,β-unsaturated/α-hetero) is 1. The van der Waals surface area contributed by atoms with Crippen molar-refractivity contribution in [2.45, 2.75) is 58.8 Å². The Hall–Kier alpha value is -2.69. The van der Waals surface area contributed by atoms with Gasteiger partial charge in [0, 0.05) is 18.4 Å². The van der Waals surface area contributed by atoms with E-state index in [9.17, 15) is 9.90 Å². The molecule has 4 aromatic rings. The first-order valence-corrected chi connectivity index (χ1v) is 9.70. The highest BCUT2D eigenvalue weighted by molar-refractivity contribution is 5.80. The first-order valence-electron chi connectivity index (χ1n) is 9.70. The predicted octanol–water partition coefficient (Wildman–Crippen LogP) is 4.73. The number of para-hydroxylation sites is 2. The third-order valence-electron chi connectivity index (χ3n) is 5.21. The van der Waals surface area contributed by atoms with Gasteiger partial charge in [-0.15, -0.1) is 14.1 Å². The zero-order valence-electron chi connectivity index (χ0n) is 16.5. The average molecular weight is 365 g/mol. The number of aromatic hydroxyl groups is 1. The zero-order valence-corrected chi connectivity index (χ0v) is 16.5. The topological polar surface area (TPSA) is 51.0 Å². The number of phenols is 1. The third kappa shape index (κ3) is 2.91. The molecule has 0 saturated heterocycles. The number of ketones is 1. The number of benzene rings is 2. The lowest BCUT2D eigenvalue weighted by molar-refractivity contribution is -0.119. The molecule has 4 rings (SSSR count). The zero-order chi connectivity index (χ0) is 19.3. The van der Waals surface area contributed by atoms with Gasteiger partial charge in [-0.2, -0.15) is 0 Å². The summed E-state index contributed by atoms with van der Waals surface area (Å²) in [5.41, 5.74) is 4.87. The van der Waals surface area contributed by atoms with E-state index in [2.05, 4.69) is 39.0 Å². The molecule has 0 aliphatic carbocycles. The highest BCUT2D eigenvalue weighted by atomic mass is 16.3. The monoisotopic (exact) mass is 365 g/mol. The summed E-state index contributed by atoms with van der Waals surface area (Å²) < 4.78 is 4.09. The highest BCUT2D eigenvalue weighted by Crippen LogP contribution is 2.39. The molecule has 0 unspecified atom stereocenters. The van der Waals surface area contributed by atoms with Crippen LogP contribution in [-0.4, -0.2) is 24.9 Å². The number of hydrogen-bond donors (Lipinski definition) is 1. The lowest BCUT2D eigenvalue weighted by atomic mass is 9.84. The Morgan fingerprint density at radius 3 is 2.22 bits per heavy atom. The van der Waals surface area contributed by atoms with Gasteiger partial charge in [0.1, 0.15) is 28.3 Å². The van der Waals surface area contributed by atoms with Crippen molar-refractivity contribution in [2.75, 3.05) is 0 Å². The van der Waals surface area contributed by atoms with E-state index in [-0.39, 0.29) is 5.41 Å². The maximum atomic E-state index is 12.0. The molecule has 0 amide bonds.